The minimum Gasteiger partial charge on any atom is -0.466 e. The van der Waals surface area contributed by atoms with Crippen LogP contribution >= 0.6 is 0 Å². The number of carbonyl (C=O) groups is 2. The molecule has 1 unspecified atom stereocenters. The van der Waals surface area contributed by atoms with Crippen LogP contribution in [0.5, 0.6) is 0 Å². The van der Waals surface area contributed by atoms with Crippen molar-refractivity contribution in [1.29, 1.82) is 0 Å². The molecule has 21 heavy (non-hydrogen) atoms. The van der Waals surface area contributed by atoms with Crippen molar-refractivity contribution >= 4 is 11.9 Å². The van der Waals surface area contributed by atoms with Crippen molar-refractivity contribution in [2.75, 3.05) is 19.7 Å². The Hall–Kier alpha value is -2.11. The molecule has 0 aliphatic carbocycles. The third-order valence-electron chi connectivity index (χ3n) is 3.55. The number of amides is 1. The molecule has 0 spiro atoms. The average molecular weight is 292 g/mol. The minimum atomic E-state index is -0.294. The molecule has 1 amide bonds. The molecular weight excluding hydrogens is 272 g/mol. The number of H-pyrrole nitrogens is 1. The first kappa shape index (κ1) is 15.3. The highest BCUT2D eigenvalue weighted by molar-refractivity contribution is 5.94. The van der Waals surface area contributed by atoms with Gasteiger partial charge in [-0.05, 0) is 32.8 Å². The molecule has 1 aliphatic heterocycles. The Morgan fingerprint density at radius 1 is 1.43 bits per heavy atom. The lowest BCUT2D eigenvalue weighted by Crippen LogP contribution is -2.43. The van der Waals surface area contributed by atoms with E-state index in [-0.39, 0.29) is 23.4 Å². The van der Waals surface area contributed by atoms with E-state index in [4.69, 9.17) is 4.74 Å². The molecule has 1 saturated heterocycles. The van der Waals surface area contributed by atoms with Gasteiger partial charge in [-0.25, -0.2) is 0 Å². The zero-order valence-corrected chi connectivity index (χ0v) is 12.3. The Bertz CT molecular complexity index is 594. The standard InChI is InChI=1S/C15H20N2O4/c1-3-21-15(20)11-5-4-6-17(9-11)14(19)12-7-10(2)16-13(18)8-12/h7-8,11H,3-6,9H2,1-2H3,(H,16,18). The van der Waals surface area contributed by atoms with E-state index in [1.165, 1.54) is 6.07 Å². The third kappa shape index (κ3) is 3.71. The van der Waals surface area contributed by atoms with Crippen molar-refractivity contribution in [1.82, 2.24) is 9.88 Å². The van der Waals surface area contributed by atoms with Gasteiger partial charge in [0.15, 0.2) is 0 Å². The maximum Gasteiger partial charge on any atom is 0.310 e. The van der Waals surface area contributed by atoms with Crippen LogP contribution in [0.3, 0.4) is 0 Å². The topological polar surface area (TPSA) is 79.5 Å². The molecule has 1 N–H and O–H groups in total. The van der Waals surface area contributed by atoms with Crippen LogP contribution < -0.4 is 5.56 Å². The molecule has 114 valence electrons. The van der Waals surface area contributed by atoms with E-state index in [0.29, 0.717) is 31.0 Å². The van der Waals surface area contributed by atoms with Crippen molar-refractivity contribution < 1.29 is 14.3 Å². The fourth-order valence-corrected chi connectivity index (χ4v) is 2.60. The quantitative estimate of drug-likeness (QED) is 0.846. The Balaban J connectivity index is 2.11. The van der Waals surface area contributed by atoms with E-state index in [1.807, 2.05) is 0 Å². The first-order valence-corrected chi connectivity index (χ1v) is 7.18. The summed E-state index contributed by atoms with van der Waals surface area (Å²) < 4.78 is 5.02. The number of hydrogen-bond acceptors (Lipinski definition) is 4. The van der Waals surface area contributed by atoms with Gasteiger partial charge in [-0.3, -0.25) is 14.4 Å². The van der Waals surface area contributed by atoms with Crippen LogP contribution in [0.15, 0.2) is 16.9 Å². The second-order valence-corrected chi connectivity index (χ2v) is 5.26. The zero-order valence-electron chi connectivity index (χ0n) is 12.3. The number of carbonyl (C=O) groups excluding carboxylic acids is 2. The van der Waals surface area contributed by atoms with Crippen molar-refractivity contribution in [2.45, 2.75) is 26.7 Å². The lowest BCUT2D eigenvalue weighted by Gasteiger charge is -2.31. The number of pyridine rings is 1. The smallest absolute Gasteiger partial charge is 0.310 e. The summed E-state index contributed by atoms with van der Waals surface area (Å²) in [5.74, 6) is -0.735. The normalized spacial score (nSPS) is 18.4. The van der Waals surface area contributed by atoms with Gasteiger partial charge in [0.25, 0.3) is 5.91 Å². The molecule has 1 aromatic rings. The van der Waals surface area contributed by atoms with E-state index in [0.717, 1.165) is 12.8 Å². The van der Waals surface area contributed by atoms with Crippen LogP contribution in [0.2, 0.25) is 0 Å². The molecule has 0 aromatic carbocycles. The Kier molecular flexibility index (Phi) is 4.77. The lowest BCUT2D eigenvalue weighted by atomic mass is 9.97. The predicted octanol–water partition coefficient (Wildman–Crippen LogP) is 1.10. The van der Waals surface area contributed by atoms with E-state index >= 15 is 0 Å². The first-order chi connectivity index (χ1) is 10.0. The number of rotatable bonds is 3. The maximum absolute atomic E-state index is 12.5. The number of nitrogens with zero attached hydrogens (tertiary/aromatic N) is 1. The number of nitrogens with one attached hydrogen (secondary N) is 1. The Morgan fingerprint density at radius 3 is 2.86 bits per heavy atom. The predicted molar refractivity (Wildman–Crippen MR) is 77.1 cm³/mol. The van der Waals surface area contributed by atoms with Crippen LogP contribution in [-0.4, -0.2) is 41.5 Å². The summed E-state index contributed by atoms with van der Waals surface area (Å²) in [6.45, 7) is 4.79. The highest BCUT2D eigenvalue weighted by atomic mass is 16.5. The fourth-order valence-electron chi connectivity index (χ4n) is 2.60. The molecule has 0 bridgehead atoms. The number of piperidine rings is 1. The number of hydrogen-bond donors (Lipinski definition) is 1. The van der Waals surface area contributed by atoms with Crippen LogP contribution in [0, 0.1) is 12.8 Å². The van der Waals surface area contributed by atoms with E-state index in [2.05, 4.69) is 4.98 Å². The van der Waals surface area contributed by atoms with Gasteiger partial charge in [-0.2, -0.15) is 0 Å². The molecule has 1 fully saturated rings. The molecule has 0 radical (unpaired) electrons. The molecule has 2 heterocycles. The van der Waals surface area contributed by atoms with Crippen LogP contribution in [0.25, 0.3) is 0 Å². The summed E-state index contributed by atoms with van der Waals surface area (Å²) in [4.78, 5) is 39.9. The zero-order chi connectivity index (χ0) is 15.4. The largest absolute Gasteiger partial charge is 0.466 e. The van der Waals surface area contributed by atoms with Crippen molar-refractivity contribution in [3.63, 3.8) is 0 Å². The molecule has 2 rings (SSSR count). The highest BCUT2D eigenvalue weighted by Gasteiger charge is 2.29. The summed E-state index contributed by atoms with van der Waals surface area (Å²) >= 11 is 0. The second-order valence-electron chi connectivity index (χ2n) is 5.26. The van der Waals surface area contributed by atoms with Gasteiger partial charge in [0.2, 0.25) is 5.56 Å². The number of likely N-dealkylation sites (tertiary alicyclic amines) is 1. The van der Waals surface area contributed by atoms with Crippen LogP contribution in [-0.2, 0) is 9.53 Å². The highest BCUT2D eigenvalue weighted by Crippen LogP contribution is 2.19. The monoisotopic (exact) mass is 292 g/mol. The molecule has 1 aromatic heterocycles. The molecule has 1 atom stereocenters. The molecule has 0 saturated carbocycles. The van der Waals surface area contributed by atoms with Gasteiger partial charge in [0, 0.05) is 30.4 Å². The van der Waals surface area contributed by atoms with E-state index in [9.17, 15) is 14.4 Å². The molecule has 1 aliphatic rings. The maximum atomic E-state index is 12.5. The van der Waals surface area contributed by atoms with Crippen molar-refractivity contribution in [2.24, 2.45) is 5.92 Å². The SMILES string of the molecule is CCOC(=O)C1CCCN(C(=O)c2cc(C)[nH]c(=O)c2)C1. The number of esters is 1. The van der Waals surface area contributed by atoms with Crippen LogP contribution in [0.4, 0.5) is 0 Å². The van der Waals surface area contributed by atoms with Gasteiger partial charge < -0.3 is 14.6 Å². The summed E-state index contributed by atoms with van der Waals surface area (Å²) in [7, 11) is 0. The minimum absolute atomic E-state index is 0.210. The second kappa shape index (κ2) is 6.56. The van der Waals surface area contributed by atoms with Gasteiger partial charge in [-0.15, -0.1) is 0 Å². The molecular formula is C15H20N2O4. The van der Waals surface area contributed by atoms with Gasteiger partial charge in [0.1, 0.15) is 0 Å². The van der Waals surface area contributed by atoms with E-state index < -0.39 is 0 Å². The summed E-state index contributed by atoms with van der Waals surface area (Å²) in [6.07, 6.45) is 1.49. The van der Waals surface area contributed by atoms with E-state index in [1.54, 1.807) is 24.8 Å². The van der Waals surface area contributed by atoms with Crippen LogP contribution in [0.1, 0.15) is 35.8 Å². The number of aryl methyl sites for hydroxylation is 1. The fraction of sp³-hybridized carbons (Fsp3) is 0.533. The number of ether oxygens (including phenoxy) is 1. The van der Waals surface area contributed by atoms with Gasteiger partial charge in [-0.1, -0.05) is 0 Å². The lowest BCUT2D eigenvalue weighted by molar-refractivity contribution is -0.149. The summed E-state index contributed by atoms with van der Waals surface area (Å²) in [5.41, 5.74) is 0.711. The Labute approximate surface area is 123 Å². The number of aromatic amines is 1. The van der Waals surface area contributed by atoms with Crippen molar-refractivity contribution in [3.05, 3.63) is 33.7 Å². The summed E-state index contributed by atoms with van der Waals surface area (Å²) in [5, 5.41) is 0. The first-order valence-electron chi connectivity index (χ1n) is 7.18. The van der Waals surface area contributed by atoms with Crippen molar-refractivity contribution in [3.8, 4) is 0 Å². The van der Waals surface area contributed by atoms with Gasteiger partial charge in [0.05, 0.1) is 12.5 Å². The Morgan fingerprint density at radius 2 is 2.19 bits per heavy atom. The molecule has 6 heteroatoms. The number of aromatic nitrogens is 1. The van der Waals surface area contributed by atoms with Gasteiger partial charge >= 0.3 is 5.97 Å². The summed E-state index contributed by atoms with van der Waals surface area (Å²) in [6, 6.07) is 2.95. The third-order valence-corrected chi connectivity index (χ3v) is 3.55. The molecule has 6 nitrogen and oxygen atoms in total. The average Bonchev–Trinajstić information content (AvgIpc) is 2.46.